The zero-order chi connectivity index (χ0) is 8.97. The summed E-state index contributed by atoms with van der Waals surface area (Å²) in [5.74, 6) is -2.96. The Morgan fingerprint density at radius 2 is 2.17 bits per heavy atom. The molecule has 1 fully saturated rings. The Labute approximate surface area is 68.0 Å². The van der Waals surface area contributed by atoms with E-state index in [1.165, 1.54) is 0 Å². The zero-order valence-corrected chi connectivity index (χ0v) is 6.19. The first-order chi connectivity index (χ1) is 5.70. The third-order valence-corrected chi connectivity index (χ3v) is 1.20. The molecule has 1 atom stereocenters. The Bertz CT molecular complexity index is 182. The van der Waals surface area contributed by atoms with Gasteiger partial charge in [-0.15, -0.1) is 0 Å². The number of aliphatic carboxylic acids is 1. The highest BCUT2D eigenvalue weighted by Gasteiger charge is 2.22. The Balaban J connectivity index is 2.29. The van der Waals surface area contributed by atoms with E-state index in [4.69, 9.17) is 14.6 Å². The Morgan fingerprint density at radius 3 is 2.67 bits per heavy atom. The third-order valence-electron chi connectivity index (χ3n) is 1.20. The van der Waals surface area contributed by atoms with Crippen LogP contribution >= 0.6 is 0 Å². The standard InChI is InChI=1S/C6H8O6/c7-5(8)6(9)12-4-3-10-1-2-11-4/h4H,1-3H2,(H,7,8). The number of carbonyl (C=O) groups is 2. The van der Waals surface area contributed by atoms with Gasteiger partial charge in [0, 0.05) is 0 Å². The van der Waals surface area contributed by atoms with Gasteiger partial charge in [0.05, 0.1) is 13.2 Å². The molecule has 1 N–H and O–H groups in total. The molecular weight excluding hydrogens is 168 g/mol. The van der Waals surface area contributed by atoms with E-state index >= 15 is 0 Å². The molecule has 0 radical (unpaired) electrons. The van der Waals surface area contributed by atoms with Crippen LogP contribution in [-0.2, 0) is 23.8 Å². The second-order valence-corrected chi connectivity index (χ2v) is 2.09. The van der Waals surface area contributed by atoms with Crippen LogP contribution < -0.4 is 0 Å². The van der Waals surface area contributed by atoms with Gasteiger partial charge in [-0.05, 0) is 0 Å². The van der Waals surface area contributed by atoms with E-state index in [2.05, 4.69) is 4.74 Å². The van der Waals surface area contributed by atoms with Gasteiger partial charge >= 0.3 is 11.9 Å². The normalized spacial score (nSPS) is 23.2. The van der Waals surface area contributed by atoms with Crippen LogP contribution in [0.1, 0.15) is 0 Å². The molecule has 1 aliphatic rings. The molecule has 1 heterocycles. The van der Waals surface area contributed by atoms with Crippen molar-refractivity contribution in [3.05, 3.63) is 0 Å². The maximum absolute atomic E-state index is 10.5. The van der Waals surface area contributed by atoms with Gasteiger partial charge in [0.25, 0.3) is 0 Å². The highest BCUT2D eigenvalue weighted by Crippen LogP contribution is 2.02. The first kappa shape index (κ1) is 8.95. The molecule has 1 aliphatic heterocycles. The number of esters is 1. The summed E-state index contributed by atoms with van der Waals surface area (Å²) in [6.45, 7) is 0.817. The maximum atomic E-state index is 10.5. The van der Waals surface area contributed by atoms with Gasteiger partial charge in [0.2, 0.25) is 6.29 Å². The number of carbonyl (C=O) groups excluding carboxylic acids is 1. The summed E-state index contributed by atoms with van der Waals surface area (Å²) in [4.78, 5) is 20.5. The smallest absolute Gasteiger partial charge is 0.419 e. The van der Waals surface area contributed by atoms with Crippen molar-refractivity contribution in [2.75, 3.05) is 19.8 Å². The second-order valence-electron chi connectivity index (χ2n) is 2.09. The summed E-state index contributed by atoms with van der Waals surface area (Å²) in [5, 5.41) is 8.14. The first-order valence-corrected chi connectivity index (χ1v) is 3.33. The quantitative estimate of drug-likeness (QED) is 0.407. The summed E-state index contributed by atoms with van der Waals surface area (Å²) in [5.41, 5.74) is 0. The number of carboxylic acids is 1. The van der Waals surface area contributed by atoms with Crippen molar-refractivity contribution < 1.29 is 28.9 Å². The van der Waals surface area contributed by atoms with Crippen molar-refractivity contribution in [1.82, 2.24) is 0 Å². The van der Waals surface area contributed by atoms with Crippen LogP contribution in [0.3, 0.4) is 0 Å². The largest absolute Gasteiger partial charge is 0.473 e. The molecule has 0 aliphatic carbocycles. The number of hydrogen-bond donors (Lipinski definition) is 1. The van der Waals surface area contributed by atoms with Gasteiger partial charge in [-0.3, -0.25) is 0 Å². The fraction of sp³-hybridized carbons (Fsp3) is 0.667. The lowest BCUT2D eigenvalue weighted by Crippen LogP contribution is -2.34. The molecular formula is C6H8O6. The van der Waals surface area contributed by atoms with Crippen molar-refractivity contribution in [2.24, 2.45) is 0 Å². The van der Waals surface area contributed by atoms with Gasteiger partial charge in [-0.25, -0.2) is 9.59 Å². The Kier molecular flexibility index (Phi) is 3.01. The summed E-state index contributed by atoms with van der Waals surface area (Å²) >= 11 is 0. The number of hydrogen-bond acceptors (Lipinski definition) is 5. The van der Waals surface area contributed by atoms with Crippen LogP contribution in [0.4, 0.5) is 0 Å². The fourth-order valence-electron chi connectivity index (χ4n) is 0.704. The minimum atomic E-state index is -1.64. The van der Waals surface area contributed by atoms with Crippen molar-refractivity contribution in [3.63, 3.8) is 0 Å². The molecule has 1 rings (SSSR count). The van der Waals surface area contributed by atoms with Gasteiger partial charge in [-0.2, -0.15) is 0 Å². The molecule has 12 heavy (non-hydrogen) atoms. The topological polar surface area (TPSA) is 82.1 Å². The summed E-state index contributed by atoms with van der Waals surface area (Å²) in [6, 6.07) is 0. The molecule has 0 saturated carbocycles. The maximum Gasteiger partial charge on any atom is 0.419 e. The fourth-order valence-corrected chi connectivity index (χ4v) is 0.704. The lowest BCUT2D eigenvalue weighted by Gasteiger charge is -2.21. The molecule has 0 spiro atoms. The Hall–Kier alpha value is -1.14. The van der Waals surface area contributed by atoms with Crippen molar-refractivity contribution >= 4 is 11.9 Å². The SMILES string of the molecule is O=C(O)C(=O)OC1COCCO1. The Morgan fingerprint density at radius 1 is 1.42 bits per heavy atom. The molecule has 6 heteroatoms. The average Bonchev–Trinajstić information content (AvgIpc) is 2.06. The number of rotatable bonds is 1. The first-order valence-electron chi connectivity index (χ1n) is 3.33. The number of ether oxygens (including phenoxy) is 3. The predicted octanol–water partition coefficient (Wildman–Crippen LogP) is -1.01. The zero-order valence-electron chi connectivity index (χ0n) is 6.19. The average molecular weight is 176 g/mol. The molecule has 0 bridgehead atoms. The third kappa shape index (κ3) is 2.48. The summed E-state index contributed by atoms with van der Waals surface area (Å²) in [6.07, 6.45) is -0.887. The van der Waals surface area contributed by atoms with Crippen molar-refractivity contribution in [1.29, 1.82) is 0 Å². The highest BCUT2D eigenvalue weighted by atomic mass is 16.7. The van der Waals surface area contributed by atoms with Crippen LogP contribution in [0.5, 0.6) is 0 Å². The predicted molar refractivity (Wildman–Crippen MR) is 34.3 cm³/mol. The molecule has 68 valence electrons. The molecule has 6 nitrogen and oxygen atoms in total. The lowest BCUT2D eigenvalue weighted by atomic mass is 10.6. The highest BCUT2D eigenvalue weighted by molar-refractivity contribution is 6.28. The van der Waals surface area contributed by atoms with Gasteiger partial charge in [0.15, 0.2) is 0 Å². The van der Waals surface area contributed by atoms with E-state index in [1.54, 1.807) is 0 Å². The van der Waals surface area contributed by atoms with E-state index < -0.39 is 18.2 Å². The molecule has 1 saturated heterocycles. The molecule has 0 aromatic heterocycles. The van der Waals surface area contributed by atoms with Crippen molar-refractivity contribution in [3.8, 4) is 0 Å². The summed E-state index contributed by atoms with van der Waals surface area (Å²) in [7, 11) is 0. The van der Waals surface area contributed by atoms with Crippen LogP contribution in [0.2, 0.25) is 0 Å². The number of carboxylic acid groups (broad SMARTS) is 1. The second kappa shape index (κ2) is 4.03. The van der Waals surface area contributed by atoms with Gasteiger partial charge in [-0.1, -0.05) is 0 Å². The van der Waals surface area contributed by atoms with E-state index in [1.807, 2.05) is 0 Å². The monoisotopic (exact) mass is 176 g/mol. The molecule has 0 aromatic rings. The van der Waals surface area contributed by atoms with Crippen LogP contribution in [0.25, 0.3) is 0 Å². The van der Waals surface area contributed by atoms with Crippen LogP contribution in [-0.4, -0.2) is 43.2 Å². The summed E-state index contributed by atoms with van der Waals surface area (Å²) < 4.78 is 14.1. The van der Waals surface area contributed by atoms with Crippen molar-refractivity contribution in [2.45, 2.75) is 6.29 Å². The van der Waals surface area contributed by atoms with E-state index in [9.17, 15) is 9.59 Å². The minimum Gasteiger partial charge on any atom is -0.473 e. The van der Waals surface area contributed by atoms with Gasteiger partial charge in [0.1, 0.15) is 6.61 Å². The molecule has 1 unspecified atom stereocenters. The molecule has 0 aromatic carbocycles. The van der Waals surface area contributed by atoms with Crippen LogP contribution in [0.15, 0.2) is 0 Å². The van der Waals surface area contributed by atoms with Crippen LogP contribution in [0, 0.1) is 0 Å². The minimum absolute atomic E-state index is 0.0824. The van der Waals surface area contributed by atoms with E-state index in [0.717, 1.165) is 0 Å². The van der Waals surface area contributed by atoms with E-state index in [-0.39, 0.29) is 6.61 Å². The lowest BCUT2D eigenvalue weighted by molar-refractivity contribution is -0.216. The van der Waals surface area contributed by atoms with E-state index in [0.29, 0.717) is 13.2 Å². The molecule has 0 amide bonds. The van der Waals surface area contributed by atoms with Gasteiger partial charge < -0.3 is 19.3 Å².